The molecular weight excluding hydrogens is 332 g/mol. The summed E-state index contributed by atoms with van der Waals surface area (Å²) < 4.78 is 0. The lowest BCUT2D eigenvalue weighted by molar-refractivity contribution is 0.137. The van der Waals surface area contributed by atoms with Crippen LogP contribution in [0.15, 0.2) is 60.7 Å². The summed E-state index contributed by atoms with van der Waals surface area (Å²) in [6.45, 7) is 6.41. The molecule has 25 heavy (non-hydrogen) atoms. The molecular formula is C21H25ClN2O. The number of benzene rings is 2. The maximum absolute atomic E-state index is 8.79. The van der Waals surface area contributed by atoms with Crippen molar-refractivity contribution in [2.24, 2.45) is 0 Å². The normalized spacial score (nSPS) is 16.6. The largest absolute Gasteiger partial charge is 0.392 e. The molecule has 132 valence electrons. The number of halogens is 1. The third-order valence-electron chi connectivity index (χ3n) is 4.64. The monoisotopic (exact) mass is 356 g/mol. The van der Waals surface area contributed by atoms with Crippen molar-refractivity contribution in [2.75, 3.05) is 39.3 Å². The summed E-state index contributed by atoms with van der Waals surface area (Å²) in [4.78, 5) is 4.93. The van der Waals surface area contributed by atoms with Gasteiger partial charge in [0.05, 0.1) is 6.61 Å². The first-order valence-corrected chi connectivity index (χ1v) is 9.18. The van der Waals surface area contributed by atoms with E-state index >= 15 is 0 Å². The van der Waals surface area contributed by atoms with E-state index in [1.807, 2.05) is 24.3 Å². The van der Waals surface area contributed by atoms with Crippen LogP contribution in [0.4, 0.5) is 0 Å². The smallest absolute Gasteiger partial charge is 0.0612 e. The number of hydrogen-bond acceptors (Lipinski definition) is 3. The third kappa shape index (κ3) is 5.41. The van der Waals surface area contributed by atoms with Gasteiger partial charge in [0.15, 0.2) is 0 Å². The van der Waals surface area contributed by atoms with E-state index in [2.05, 4.69) is 46.2 Å². The van der Waals surface area contributed by atoms with Crippen LogP contribution >= 0.6 is 11.6 Å². The van der Waals surface area contributed by atoms with E-state index in [9.17, 15) is 0 Å². The van der Waals surface area contributed by atoms with Crippen LogP contribution in [0.5, 0.6) is 0 Å². The Balaban J connectivity index is 1.51. The first-order chi connectivity index (χ1) is 12.2. The SMILES string of the molecule is OC/C=C/CN1CCN(Cc2ccc(-c3ccc(Cl)cc3)cc2)CC1. The minimum Gasteiger partial charge on any atom is -0.392 e. The standard InChI is InChI=1S/C21H25ClN2O/c22-21-9-7-20(8-10-21)19-5-3-18(4-6-19)17-24-14-12-23(13-15-24)11-1-2-16-25/h1-10,25H,11-17H2/b2-1+. The Kier molecular flexibility index (Phi) is 6.65. The maximum atomic E-state index is 8.79. The number of rotatable bonds is 6. The van der Waals surface area contributed by atoms with Crippen LogP contribution in [0, 0.1) is 0 Å². The van der Waals surface area contributed by atoms with Gasteiger partial charge in [0, 0.05) is 44.3 Å². The molecule has 0 saturated carbocycles. The van der Waals surface area contributed by atoms with E-state index in [1.165, 1.54) is 16.7 Å². The van der Waals surface area contributed by atoms with Crippen molar-refractivity contribution in [3.63, 3.8) is 0 Å². The second-order valence-corrected chi connectivity index (χ2v) is 6.87. The Labute approximate surface area is 155 Å². The van der Waals surface area contributed by atoms with Gasteiger partial charge in [0.2, 0.25) is 0 Å². The summed E-state index contributed by atoms with van der Waals surface area (Å²) in [7, 11) is 0. The summed E-state index contributed by atoms with van der Waals surface area (Å²) >= 11 is 5.95. The van der Waals surface area contributed by atoms with Gasteiger partial charge in [-0.3, -0.25) is 9.80 Å². The minimum atomic E-state index is 0.131. The van der Waals surface area contributed by atoms with Crippen molar-refractivity contribution in [2.45, 2.75) is 6.54 Å². The molecule has 0 unspecified atom stereocenters. The fourth-order valence-corrected chi connectivity index (χ4v) is 3.26. The van der Waals surface area contributed by atoms with E-state index < -0.39 is 0 Å². The summed E-state index contributed by atoms with van der Waals surface area (Å²) in [6.07, 6.45) is 3.86. The van der Waals surface area contributed by atoms with Crippen molar-refractivity contribution in [1.82, 2.24) is 9.80 Å². The number of piperazine rings is 1. The molecule has 0 radical (unpaired) electrons. The molecule has 4 heteroatoms. The molecule has 0 bridgehead atoms. The lowest BCUT2D eigenvalue weighted by atomic mass is 10.0. The number of aliphatic hydroxyl groups is 1. The van der Waals surface area contributed by atoms with Gasteiger partial charge in [-0.15, -0.1) is 0 Å². The fourth-order valence-electron chi connectivity index (χ4n) is 3.13. The lowest BCUT2D eigenvalue weighted by Crippen LogP contribution is -2.45. The van der Waals surface area contributed by atoms with Crippen LogP contribution in [0.25, 0.3) is 11.1 Å². The average Bonchev–Trinajstić information content (AvgIpc) is 2.65. The van der Waals surface area contributed by atoms with Gasteiger partial charge in [-0.25, -0.2) is 0 Å². The summed E-state index contributed by atoms with van der Waals surface area (Å²) in [5.41, 5.74) is 3.77. The van der Waals surface area contributed by atoms with Crippen LogP contribution in [0.2, 0.25) is 5.02 Å². The van der Waals surface area contributed by atoms with E-state index in [-0.39, 0.29) is 6.61 Å². The van der Waals surface area contributed by atoms with Gasteiger partial charge in [-0.05, 0) is 28.8 Å². The molecule has 1 saturated heterocycles. The van der Waals surface area contributed by atoms with Crippen molar-refractivity contribution >= 4 is 11.6 Å². The predicted octanol–water partition coefficient (Wildman–Crippen LogP) is 3.67. The highest BCUT2D eigenvalue weighted by atomic mass is 35.5. The highest BCUT2D eigenvalue weighted by Gasteiger charge is 2.15. The van der Waals surface area contributed by atoms with E-state index in [0.717, 1.165) is 44.3 Å². The Bertz CT molecular complexity index is 674. The summed E-state index contributed by atoms with van der Waals surface area (Å²) in [5, 5.41) is 9.56. The zero-order chi connectivity index (χ0) is 17.5. The summed E-state index contributed by atoms with van der Waals surface area (Å²) in [6, 6.07) is 16.8. The second-order valence-electron chi connectivity index (χ2n) is 6.43. The lowest BCUT2D eigenvalue weighted by Gasteiger charge is -2.34. The van der Waals surface area contributed by atoms with E-state index in [0.29, 0.717) is 0 Å². The predicted molar refractivity (Wildman–Crippen MR) is 105 cm³/mol. The van der Waals surface area contributed by atoms with Gasteiger partial charge in [0.25, 0.3) is 0 Å². The Morgan fingerprint density at radius 3 is 1.96 bits per heavy atom. The molecule has 0 atom stereocenters. The minimum absolute atomic E-state index is 0.131. The topological polar surface area (TPSA) is 26.7 Å². The third-order valence-corrected chi connectivity index (χ3v) is 4.89. The highest BCUT2D eigenvalue weighted by Crippen LogP contribution is 2.22. The van der Waals surface area contributed by atoms with Gasteiger partial charge in [-0.2, -0.15) is 0 Å². The zero-order valence-electron chi connectivity index (χ0n) is 14.4. The van der Waals surface area contributed by atoms with Crippen molar-refractivity contribution < 1.29 is 5.11 Å². The zero-order valence-corrected chi connectivity index (χ0v) is 15.2. The highest BCUT2D eigenvalue weighted by molar-refractivity contribution is 6.30. The quantitative estimate of drug-likeness (QED) is 0.800. The average molecular weight is 357 g/mol. The van der Waals surface area contributed by atoms with Crippen LogP contribution in [0.1, 0.15) is 5.56 Å². The summed E-state index contributed by atoms with van der Waals surface area (Å²) in [5.74, 6) is 0. The van der Waals surface area contributed by atoms with Gasteiger partial charge < -0.3 is 5.11 Å². The number of hydrogen-bond donors (Lipinski definition) is 1. The van der Waals surface area contributed by atoms with Crippen LogP contribution in [0.3, 0.4) is 0 Å². The molecule has 0 aromatic heterocycles. The molecule has 3 nitrogen and oxygen atoms in total. The van der Waals surface area contributed by atoms with Crippen LogP contribution < -0.4 is 0 Å². The second kappa shape index (κ2) is 9.16. The van der Waals surface area contributed by atoms with Crippen LogP contribution in [-0.4, -0.2) is 54.2 Å². The molecule has 0 aliphatic carbocycles. The molecule has 0 amide bonds. The van der Waals surface area contributed by atoms with Gasteiger partial charge in [0.1, 0.15) is 0 Å². The fraction of sp³-hybridized carbons (Fsp3) is 0.333. The van der Waals surface area contributed by atoms with Crippen LogP contribution in [-0.2, 0) is 6.54 Å². The van der Waals surface area contributed by atoms with Gasteiger partial charge >= 0.3 is 0 Å². The molecule has 1 aliphatic heterocycles. The molecule has 1 heterocycles. The maximum Gasteiger partial charge on any atom is 0.0612 e. The Hall–Kier alpha value is -1.65. The number of aliphatic hydroxyl groups excluding tert-OH is 1. The molecule has 1 N–H and O–H groups in total. The molecule has 2 aromatic carbocycles. The van der Waals surface area contributed by atoms with Gasteiger partial charge in [-0.1, -0.05) is 60.2 Å². The van der Waals surface area contributed by atoms with Crippen molar-refractivity contribution in [1.29, 1.82) is 0 Å². The molecule has 0 spiro atoms. The Morgan fingerprint density at radius 1 is 0.800 bits per heavy atom. The first-order valence-electron chi connectivity index (χ1n) is 8.80. The van der Waals surface area contributed by atoms with Crippen molar-refractivity contribution in [3.05, 3.63) is 71.3 Å². The molecule has 1 fully saturated rings. The van der Waals surface area contributed by atoms with E-state index in [1.54, 1.807) is 0 Å². The molecule has 3 rings (SSSR count). The molecule has 2 aromatic rings. The molecule has 1 aliphatic rings. The number of nitrogens with zero attached hydrogens (tertiary/aromatic N) is 2. The van der Waals surface area contributed by atoms with E-state index in [4.69, 9.17) is 16.7 Å². The first kappa shape index (κ1) is 18.2. The Morgan fingerprint density at radius 2 is 1.36 bits per heavy atom. The van der Waals surface area contributed by atoms with Crippen molar-refractivity contribution in [3.8, 4) is 11.1 Å².